The topological polar surface area (TPSA) is 27.1 Å². The molecule has 0 saturated carbocycles. The Labute approximate surface area is 91.8 Å². The molecule has 0 spiro atoms. The first kappa shape index (κ1) is 9.15. The third-order valence-corrected chi connectivity index (χ3v) is 2.41. The Hall–Kier alpha value is -2.10. The smallest absolute Gasteiger partial charge is 0.301 e. The monoisotopic (exact) mass is 216 g/mol. The maximum Gasteiger partial charge on any atom is 0.301 e. The van der Waals surface area contributed by atoms with Crippen LogP contribution in [0.1, 0.15) is 0 Å². The summed E-state index contributed by atoms with van der Waals surface area (Å²) in [4.78, 5) is 4.32. The molecule has 0 unspecified atom stereocenters. The van der Waals surface area contributed by atoms with Crippen LogP contribution >= 0.6 is 0 Å². The van der Waals surface area contributed by atoms with Gasteiger partial charge in [0.25, 0.3) is 0 Å². The molecule has 1 aromatic carbocycles. The van der Waals surface area contributed by atoms with Gasteiger partial charge < -0.3 is 4.74 Å². The zero-order chi connectivity index (χ0) is 11.0. The number of imidazole rings is 1. The van der Waals surface area contributed by atoms with Gasteiger partial charge >= 0.3 is 6.01 Å². The largest absolute Gasteiger partial charge is 0.460 e. The van der Waals surface area contributed by atoms with Gasteiger partial charge in [0, 0.05) is 18.0 Å². The van der Waals surface area contributed by atoms with Crippen LogP contribution in [-0.4, -0.2) is 16.2 Å². The standard InChI is InChI=1S/C12H9FN2O/c13-10-4-2-9(3-5-10)11-8-15-6-1-7-16-12(15)14-11/h1-6,8H,7H2. The molecule has 0 fully saturated rings. The highest BCUT2D eigenvalue weighted by Crippen LogP contribution is 2.24. The molecule has 1 aliphatic heterocycles. The van der Waals surface area contributed by atoms with Gasteiger partial charge in [-0.25, -0.2) is 4.39 Å². The maximum atomic E-state index is 12.8. The van der Waals surface area contributed by atoms with E-state index in [2.05, 4.69) is 4.98 Å². The molecule has 2 aromatic rings. The summed E-state index contributed by atoms with van der Waals surface area (Å²) in [5, 5.41) is 0. The van der Waals surface area contributed by atoms with Gasteiger partial charge in [-0.3, -0.25) is 4.57 Å². The normalized spacial score (nSPS) is 13.3. The minimum absolute atomic E-state index is 0.246. The number of benzene rings is 1. The summed E-state index contributed by atoms with van der Waals surface area (Å²) in [5.41, 5.74) is 1.65. The Kier molecular flexibility index (Phi) is 1.99. The van der Waals surface area contributed by atoms with Crippen molar-refractivity contribution in [2.45, 2.75) is 0 Å². The summed E-state index contributed by atoms with van der Waals surface area (Å²) in [5.74, 6) is -0.246. The minimum Gasteiger partial charge on any atom is -0.460 e. The molecule has 1 aliphatic rings. The van der Waals surface area contributed by atoms with E-state index in [4.69, 9.17) is 4.74 Å². The lowest BCUT2D eigenvalue weighted by Gasteiger charge is -2.06. The van der Waals surface area contributed by atoms with Gasteiger partial charge in [-0.05, 0) is 30.3 Å². The molecule has 0 N–H and O–H groups in total. The number of rotatable bonds is 1. The zero-order valence-corrected chi connectivity index (χ0v) is 8.43. The summed E-state index contributed by atoms with van der Waals surface area (Å²) < 4.78 is 19.9. The second-order valence-electron chi connectivity index (χ2n) is 3.52. The van der Waals surface area contributed by atoms with Crippen LogP contribution in [0, 0.1) is 5.82 Å². The van der Waals surface area contributed by atoms with Gasteiger partial charge in [0.15, 0.2) is 0 Å². The lowest BCUT2D eigenvalue weighted by Crippen LogP contribution is -2.03. The number of hydrogen-bond donors (Lipinski definition) is 0. The average Bonchev–Trinajstić information content (AvgIpc) is 2.73. The van der Waals surface area contributed by atoms with E-state index in [1.54, 1.807) is 12.1 Å². The molecule has 16 heavy (non-hydrogen) atoms. The minimum atomic E-state index is -0.246. The first-order valence-electron chi connectivity index (χ1n) is 4.97. The molecule has 80 valence electrons. The fourth-order valence-electron chi connectivity index (χ4n) is 1.63. The predicted octanol–water partition coefficient (Wildman–Crippen LogP) is 2.55. The number of hydrogen-bond acceptors (Lipinski definition) is 2. The van der Waals surface area contributed by atoms with E-state index >= 15 is 0 Å². The third kappa shape index (κ3) is 1.48. The van der Waals surface area contributed by atoms with Gasteiger partial charge in [-0.15, -0.1) is 0 Å². The van der Waals surface area contributed by atoms with Gasteiger partial charge in [0.1, 0.15) is 12.4 Å². The van der Waals surface area contributed by atoms with Gasteiger partial charge in [0.05, 0.1) is 5.69 Å². The van der Waals surface area contributed by atoms with E-state index in [0.29, 0.717) is 12.6 Å². The van der Waals surface area contributed by atoms with Crippen molar-refractivity contribution in [2.75, 3.05) is 6.61 Å². The molecule has 3 rings (SSSR count). The van der Waals surface area contributed by atoms with Crippen molar-refractivity contribution in [3.63, 3.8) is 0 Å². The van der Waals surface area contributed by atoms with Crippen molar-refractivity contribution in [1.29, 1.82) is 0 Å². The van der Waals surface area contributed by atoms with Crippen molar-refractivity contribution < 1.29 is 9.13 Å². The summed E-state index contributed by atoms with van der Waals surface area (Å²) >= 11 is 0. The van der Waals surface area contributed by atoms with Crippen molar-refractivity contribution in [3.05, 3.63) is 42.4 Å². The highest BCUT2D eigenvalue weighted by atomic mass is 19.1. The van der Waals surface area contributed by atoms with Gasteiger partial charge in [-0.1, -0.05) is 0 Å². The van der Waals surface area contributed by atoms with E-state index in [9.17, 15) is 4.39 Å². The molecule has 0 saturated heterocycles. The van der Waals surface area contributed by atoms with Crippen LogP contribution in [0.25, 0.3) is 17.5 Å². The number of fused-ring (bicyclic) bond motifs is 1. The van der Waals surface area contributed by atoms with E-state index in [-0.39, 0.29) is 5.82 Å². The van der Waals surface area contributed by atoms with Crippen LogP contribution in [0.5, 0.6) is 6.01 Å². The van der Waals surface area contributed by atoms with E-state index in [1.807, 2.05) is 23.0 Å². The van der Waals surface area contributed by atoms with Crippen LogP contribution in [0.2, 0.25) is 0 Å². The quantitative estimate of drug-likeness (QED) is 0.732. The van der Waals surface area contributed by atoms with Crippen LogP contribution in [-0.2, 0) is 0 Å². The number of aromatic nitrogens is 2. The second kappa shape index (κ2) is 3.48. The summed E-state index contributed by atoms with van der Waals surface area (Å²) in [6.45, 7) is 0.542. The first-order chi connectivity index (χ1) is 7.83. The van der Waals surface area contributed by atoms with Crippen LogP contribution < -0.4 is 4.74 Å². The Bertz CT molecular complexity index is 543. The SMILES string of the molecule is Fc1ccc(-c2cn3c(n2)OCC=C3)cc1. The Morgan fingerprint density at radius 3 is 2.81 bits per heavy atom. The molecule has 4 heteroatoms. The van der Waals surface area contributed by atoms with Crippen molar-refractivity contribution >= 4 is 6.20 Å². The van der Waals surface area contributed by atoms with Crippen LogP contribution in [0.15, 0.2) is 36.5 Å². The molecule has 0 atom stereocenters. The van der Waals surface area contributed by atoms with Gasteiger partial charge in [-0.2, -0.15) is 4.98 Å². The first-order valence-corrected chi connectivity index (χ1v) is 4.97. The summed E-state index contributed by atoms with van der Waals surface area (Å²) in [6.07, 6.45) is 5.67. The maximum absolute atomic E-state index is 12.8. The predicted molar refractivity (Wildman–Crippen MR) is 58.4 cm³/mol. The highest BCUT2D eigenvalue weighted by molar-refractivity contribution is 5.60. The van der Waals surface area contributed by atoms with E-state index in [0.717, 1.165) is 11.3 Å². The van der Waals surface area contributed by atoms with Crippen LogP contribution in [0.4, 0.5) is 4.39 Å². The zero-order valence-electron chi connectivity index (χ0n) is 8.43. The van der Waals surface area contributed by atoms with Crippen LogP contribution in [0.3, 0.4) is 0 Å². The number of halogens is 1. The summed E-state index contributed by atoms with van der Waals surface area (Å²) in [6, 6.07) is 6.82. The number of nitrogens with zero attached hydrogens (tertiary/aromatic N) is 2. The van der Waals surface area contributed by atoms with Crippen molar-refractivity contribution in [1.82, 2.24) is 9.55 Å². The summed E-state index contributed by atoms with van der Waals surface area (Å²) in [7, 11) is 0. The molecule has 0 aliphatic carbocycles. The Morgan fingerprint density at radius 1 is 1.25 bits per heavy atom. The molecule has 0 radical (unpaired) electrons. The van der Waals surface area contributed by atoms with Crippen molar-refractivity contribution in [2.24, 2.45) is 0 Å². The third-order valence-electron chi connectivity index (χ3n) is 2.41. The second-order valence-corrected chi connectivity index (χ2v) is 3.52. The lowest BCUT2D eigenvalue weighted by molar-refractivity contribution is 0.322. The Morgan fingerprint density at radius 2 is 2.06 bits per heavy atom. The Balaban J connectivity index is 2.04. The fraction of sp³-hybridized carbons (Fsp3) is 0.0833. The molecular formula is C12H9FN2O. The highest BCUT2D eigenvalue weighted by Gasteiger charge is 2.11. The average molecular weight is 216 g/mol. The molecule has 1 aromatic heterocycles. The molecular weight excluding hydrogens is 207 g/mol. The van der Waals surface area contributed by atoms with Gasteiger partial charge in [0.2, 0.25) is 0 Å². The fourth-order valence-corrected chi connectivity index (χ4v) is 1.63. The molecule has 0 bridgehead atoms. The lowest BCUT2D eigenvalue weighted by atomic mass is 10.2. The van der Waals surface area contributed by atoms with E-state index < -0.39 is 0 Å². The number of ether oxygens (including phenoxy) is 1. The molecule has 3 nitrogen and oxygen atoms in total. The van der Waals surface area contributed by atoms with E-state index in [1.165, 1.54) is 12.1 Å². The molecule has 2 heterocycles. The molecule has 0 amide bonds. The van der Waals surface area contributed by atoms with Crippen molar-refractivity contribution in [3.8, 4) is 17.3 Å².